The number of rotatable bonds is 19. The quantitative estimate of drug-likeness (QED) is 0.136. The molecule has 1 amide bonds. The van der Waals surface area contributed by atoms with Crippen LogP contribution in [0.1, 0.15) is 108 Å². The minimum atomic E-state index is -0.00563. The van der Waals surface area contributed by atoms with Gasteiger partial charge in [0, 0.05) is 25.0 Å². The molecule has 3 aromatic rings. The van der Waals surface area contributed by atoms with Crippen LogP contribution in [0.3, 0.4) is 0 Å². The molecule has 0 unspecified atom stereocenters. The summed E-state index contributed by atoms with van der Waals surface area (Å²) in [4.78, 5) is 18.5. The van der Waals surface area contributed by atoms with Crippen molar-refractivity contribution in [2.45, 2.75) is 104 Å². The highest BCUT2D eigenvalue weighted by Gasteiger charge is 2.14. The fourth-order valence-electron chi connectivity index (χ4n) is 4.98. The Bertz CT molecular complexity index is 1120. The van der Waals surface area contributed by atoms with Gasteiger partial charge < -0.3 is 9.64 Å². The van der Waals surface area contributed by atoms with Crippen molar-refractivity contribution in [1.82, 2.24) is 4.98 Å². The SMILES string of the molecule is CCCCCCCCCCCCCCOc1cc(CN(C(C)=O)c2ccc(Cc3cccnc3)cc2)ccc1Cl. The van der Waals surface area contributed by atoms with Crippen molar-refractivity contribution in [3.05, 3.63) is 88.7 Å². The number of aromatic nitrogens is 1. The highest BCUT2D eigenvalue weighted by atomic mass is 35.5. The fourth-order valence-corrected chi connectivity index (χ4v) is 5.15. The third-order valence-electron chi connectivity index (χ3n) is 7.35. The summed E-state index contributed by atoms with van der Waals surface area (Å²) in [5.41, 5.74) is 4.20. The van der Waals surface area contributed by atoms with Gasteiger partial charge in [0.05, 0.1) is 18.2 Å². The Labute approximate surface area is 247 Å². The third kappa shape index (κ3) is 11.7. The first kappa shape index (κ1) is 31.7. The molecule has 0 radical (unpaired) electrons. The number of halogens is 1. The minimum Gasteiger partial charge on any atom is -0.492 e. The van der Waals surface area contributed by atoms with Crippen molar-refractivity contribution in [3.63, 3.8) is 0 Å². The van der Waals surface area contributed by atoms with Crippen LogP contribution < -0.4 is 9.64 Å². The molecule has 0 spiro atoms. The third-order valence-corrected chi connectivity index (χ3v) is 7.66. The van der Waals surface area contributed by atoms with Crippen molar-refractivity contribution in [2.75, 3.05) is 11.5 Å². The molecular weight excluding hydrogens is 516 g/mol. The van der Waals surface area contributed by atoms with Crippen LogP contribution >= 0.6 is 11.6 Å². The molecule has 5 heteroatoms. The summed E-state index contributed by atoms with van der Waals surface area (Å²) < 4.78 is 6.05. The molecule has 2 aromatic carbocycles. The van der Waals surface area contributed by atoms with E-state index >= 15 is 0 Å². The van der Waals surface area contributed by atoms with Crippen LogP contribution in [0.25, 0.3) is 0 Å². The largest absolute Gasteiger partial charge is 0.492 e. The second-order valence-corrected chi connectivity index (χ2v) is 11.2. The highest BCUT2D eigenvalue weighted by Crippen LogP contribution is 2.28. The number of carbonyl (C=O) groups is 1. The van der Waals surface area contributed by atoms with Gasteiger partial charge in [-0.25, -0.2) is 0 Å². The molecule has 0 N–H and O–H groups in total. The van der Waals surface area contributed by atoms with Gasteiger partial charge in [0.1, 0.15) is 5.75 Å². The number of hydrogen-bond acceptors (Lipinski definition) is 3. The molecule has 0 fully saturated rings. The molecular formula is C35H47ClN2O2. The maximum absolute atomic E-state index is 12.5. The lowest BCUT2D eigenvalue weighted by Gasteiger charge is -2.22. The molecule has 3 rings (SSSR count). The van der Waals surface area contributed by atoms with E-state index in [1.807, 2.05) is 42.6 Å². The standard InChI is InChI=1S/C35H47ClN2O2/c1-3-4-5-6-7-8-9-10-11-12-13-14-24-40-35-26-32(19-22-34(35)36)28-38(29(2)39)33-20-17-30(18-21-33)25-31-16-15-23-37-27-31/h15-23,26-27H,3-14,24-25,28H2,1-2H3. The summed E-state index contributed by atoms with van der Waals surface area (Å²) in [6.45, 7) is 5.00. The average molecular weight is 563 g/mol. The molecule has 1 aromatic heterocycles. The van der Waals surface area contributed by atoms with Crippen molar-refractivity contribution in [2.24, 2.45) is 0 Å². The van der Waals surface area contributed by atoms with Gasteiger partial charge in [0.2, 0.25) is 5.91 Å². The van der Waals surface area contributed by atoms with Crippen molar-refractivity contribution in [1.29, 1.82) is 0 Å². The van der Waals surface area contributed by atoms with Gasteiger partial charge in [-0.05, 0) is 59.9 Å². The van der Waals surface area contributed by atoms with Crippen LogP contribution in [0, 0.1) is 0 Å². The molecule has 0 bridgehead atoms. The molecule has 0 saturated heterocycles. The second kappa shape index (κ2) is 18.5. The van der Waals surface area contributed by atoms with Crippen LogP contribution in [0.15, 0.2) is 67.0 Å². The van der Waals surface area contributed by atoms with Gasteiger partial charge >= 0.3 is 0 Å². The number of pyridine rings is 1. The van der Waals surface area contributed by atoms with Gasteiger partial charge in [0.25, 0.3) is 0 Å². The Morgan fingerprint density at radius 3 is 2.02 bits per heavy atom. The van der Waals surface area contributed by atoms with Crippen LogP contribution in [0.4, 0.5) is 5.69 Å². The topological polar surface area (TPSA) is 42.4 Å². The zero-order chi connectivity index (χ0) is 28.4. The Hall–Kier alpha value is -2.85. The maximum atomic E-state index is 12.5. The Balaban J connectivity index is 1.41. The maximum Gasteiger partial charge on any atom is 0.224 e. The lowest BCUT2D eigenvalue weighted by atomic mass is 10.1. The zero-order valence-corrected chi connectivity index (χ0v) is 25.3. The summed E-state index contributed by atoms with van der Waals surface area (Å²) in [5, 5.41) is 0.608. The number of nitrogens with zero attached hydrogens (tertiary/aromatic N) is 2. The first-order valence-electron chi connectivity index (χ1n) is 15.2. The highest BCUT2D eigenvalue weighted by molar-refractivity contribution is 6.32. The smallest absolute Gasteiger partial charge is 0.224 e. The van der Waals surface area contributed by atoms with Crippen LogP contribution in [-0.2, 0) is 17.8 Å². The summed E-state index contributed by atoms with van der Waals surface area (Å²) in [6.07, 6.45) is 20.3. The van der Waals surface area contributed by atoms with Crippen molar-refractivity contribution < 1.29 is 9.53 Å². The number of amides is 1. The van der Waals surface area contributed by atoms with Crippen LogP contribution in [0.2, 0.25) is 5.02 Å². The number of anilines is 1. The molecule has 1 heterocycles. The fraction of sp³-hybridized carbons (Fsp3) is 0.486. The van der Waals surface area contributed by atoms with Gasteiger partial charge in [-0.1, -0.05) is 113 Å². The average Bonchev–Trinajstić information content (AvgIpc) is 2.96. The van der Waals surface area contributed by atoms with E-state index in [2.05, 4.69) is 30.1 Å². The molecule has 216 valence electrons. The van der Waals surface area contributed by atoms with E-state index in [-0.39, 0.29) is 5.91 Å². The normalized spacial score (nSPS) is 11.0. The Morgan fingerprint density at radius 1 is 0.800 bits per heavy atom. The number of benzene rings is 2. The van der Waals surface area contributed by atoms with Crippen LogP contribution in [0.5, 0.6) is 5.75 Å². The molecule has 0 atom stereocenters. The lowest BCUT2D eigenvalue weighted by molar-refractivity contribution is -0.116. The summed E-state index contributed by atoms with van der Waals surface area (Å²) >= 11 is 6.44. The lowest BCUT2D eigenvalue weighted by Crippen LogP contribution is -2.27. The number of carbonyl (C=O) groups excluding carboxylic acids is 1. The van der Waals surface area contributed by atoms with E-state index < -0.39 is 0 Å². The molecule has 40 heavy (non-hydrogen) atoms. The molecule has 0 saturated carbocycles. The molecule has 0 aliphatic heterocycles. The molecule has 4 nitrogen and oxygen atoms in total. The molecule has 0 aliphatic carbocycles. The van der Waals surface area contributed by atoms with Crippen LogP contribution in [-0.4, -0.2) is 17.5 Å². The first-order chi connectivity index (χ1) is 19.6. The Morgan fingerprint density at radius 2 is 1.43 bits per heavy atom. The predicted octanol–water partition coefficient (Wildman–Crippen LogP) is 9.96. The Kier molecular flexibility index (Phi) is 14.6. The van der Waals surface area contributed by atoms with Gasteiger partial charge in [-0.3, -0.25) is 9.78 Å². The number of hydrogen-bond donors (Lipinski definition) is 0. The summed E-state index contributed by atoms with van der Waals surface area (Å²) in [5.74, 6) is 0.687. The summed E-state index contributed by atoms with van der Waals surface area (Å²) in [7, 11) is 0. The van der Waals surface area contributed by atoms with E-state index in [4.69, 9.17) is 16.3 Å². The van der Waals surface area contributed by atoms with E-state index in [9.17, 15) is 4.79 Å². The van der Waals surface area contributed by atoms with Crippen molar-refractivity contribution >= 4 is 23.2 Å². The van der Waals surface area contributed by atoms with E-state index in [1.54, 1.807) is 18.0 Å². The first-order valence-corrected chi connectivity index (χ1v) is 15.6. The number of unbranched alkanes of at least 4 members (excludes halogenated alkanes) is 11. The van der Waals surface area contributed by atoms with Crippen molar-refractivity contribution in [3.8, 4) is 5.75 Å². The van der Waals surface area contributed by atoms with E-state index in [0.717, 1.165) is 29.7 Å². The second-order valence-electron chi connectivity index (χ2n) is 10.8. The van der Waals surface area contributed by atoms with Gasteiger partial charge in [-0.2, -0.15) is 0 Å². The molecule has 0 aliphatic rings. The predicted molar refractivity (Wildman–Crippen MR) is 168 cm³/mol. The minimum absolute atomic E-state index is 0.00563. The van der Waals surface area contributed by atoms with E-state index in [1.165, 1.54) is 76.2 Å². The van der Waals surface area contributed by atoms with Gasteiger partial charge in [-0.15, -0.1) is 0 Å². The summed E-state index contributed by atoms with van der Waals surface area (Å²) in [6, 6.07) is 18.0. The van der Waals surface area contributed by atoms with E-state index in [0.29, 0.717) is 23.9 Å². The van der Waals surface area contributed by atoms with Gasteiger partial charge in [0.15, 0.2) is 0 Å². The number of ether oxygens (including phenoxy) is 1. The monoisotopic (exact) mass is 562 g/mol. The zero-order valence-electron chi connectivity index (χ0n) is 24.5.